The van der Waals surface area contributed by atoms with Crippen LogP contribution in [0.2, 0.25) is 0 Å². The van der Waals surface area contributed by atoms with Gasteiger partial charge in [0.25, 0.3) is 0 Å². The van der Waals surface area contributed by atoms with Crippen LogP contribution in [0, 0.1) is 0 Å². The number of carbonyl (C=O) groups excluding carboxylic acids is 2. The van der Waals surface area contributed by atoms with Crippen LogP contribution < -0.4 is 5.32 Å². The van der Waals surface area contributed by atoms with Gasteiger partial charge in [0, 0.05) is 32.1 Å². The van der Waals surface area contributed by atoms with Gasteiger partial charge in [-0.2, -0.15) is 0 Å². The van der Waals surface area contributed by atoms with Gasteiger partial charge in [-0.3, -0.25) is 14.5 Å². The summed E-state index contributed by atoms with van der Waals surface area (Å²) in [4.78, 5) is 39.0. The van der Waals surface area contributed by atoms with E-state index in [1.165, 1.54) is 16.0 Å². The van der Waals surface area contributed by atoms with Crippen molar-refractivity contribution < 1.29 is 29.0 Å². The summed E-state index contributed by atoms with van der Waals surface area (Å²) in [6.07, 6.45) is -0.542. The highest BCUT2D eigenvalue weighted by Crippen LogP contribution is 2.44. The highest BCUT2D eigenvalue weighted by molar-refractivity contribution is 5.80. The third kappa shape index (κ3) is 5.21. The van der Waals surface area contributed by atoms with E-state index < -0.39 is 18.1 Å². The molecule has 2 aromatic carbocycles. The first-order valence-electron chi connectivity index (χ1n) is 11.3. The Morgan fingerprint density at radius 1 is 1.03 bits per heavy atom. The topological polar surface area (TPSA) is 108 Å². The fourth-order valence-corrected chi connectivity index (χ4v) is 4.49. The van der Waals surface area contributed by atoms with E-state index in [1.807, 2.05) is 24.3 Å². The number of piperazine rings is 1. The fourth-order valence-electron chi connectivity index (χ4n) is 4.49. The van der Waals surface area contributed by atoms with Crippen molar-refractivity contribution in [3.05, 3.63) is 59.7 Å². The molecule has 2 aromatic rings. The predicted octanol–water partition coefficient (Wildman–Crippen LogP) is 1.77. The number of carboxylic acids is 1. The summed E-state index contributed by atoms with van der Waals surface area (Å²) in [5, 5.41) is 11.9. The van der Waals surface area contributed by atoms with Crippen molar-refractivity contribution in [1.29, 1.82) is 0 Å². The molecule has 9 heteroatoms. The second kappa shape index (κ2) is 10.7. The van der Waals surface area contributed by atoms with Crippen LogP contribution in [-0.2, 0) is 19.1 Å². The Bertz CT molecular complexity index is 1010. The number of rotatable bonds is 8. The number of hydrogen-bond donors (Lipinski definition) is 2. The Kier molecular flexibility index (Phi) is 7.44. The Morgan fingerprint density at radius 3 is 2.32 bits per heavy atom. The molecule has 0 aromatic heterocycles. The maximum atomic E-state index is 12.3. The molecule has 2 amide bonds. The quantitative estimate of drug-likeness (QED) is 0.570. The monoisotopic (exact) mass is 467 g/mol. The first-order valence-corrected chi connectivity index (χ1v) is 11.3. The second-order valence-electron chi connectivity index (χ2n) is 8.48. The number of nitrogens with one attached hydrogen (secondary N) is 1. The smallest absolute Gasteiger partial charge is 0.407 e. The van der Waals surface area contributed by atoms with Gasteiger partial charge in [0.1, 0.15) is 19.3 Å². The molecular formula is C25H29N3O6. The van der Waals surface area contributed by atoms with Gasteiger partial charge in [0.15, 0.2) is 0 Å². The van der Waals surface area contributed by atoms with Gasteiger partial charge >= 0.3 is 12.1 Å². The lowest BCUT2D eigenvalue weighted by Crippen LogP contribution is -2.56. The van der Waals surface area contributed by atoms with Crippen molar-refractivity contribution in [2.24, 2.45) is 0 Å². The van der Waals surface area contributed by atoms with Crippen molar-refractivity contribution in [3.8, 4) is 11.1 Å². The summed E-state index contributed by atoms with van der Waals surface area (Å²) >= 11 is 0. The largest absolute Gasteiger partial charge is 0.480 e. The molecule has 1 aliphatic heterocycles. The van der Waals surface area contributed by atoms with E-state index in [1.54, 1.807) is 11.9 Å². The van der Waals surface area contributed by atoms with Crippen molar-refractivity contribution in [2.75, 3.05) is 53.0 Å². The van der Waals surface area contributed by atoms with E-state index in [4.69, 9.17) is 9.47 Å². The van der Waals surface area contributed by atoms with Crippen molar-refractivity contribution in [2.45, 2.75) is 12.0 Å². The number of carboxylic acid groups (broad SMARTS) is 1. The summed E-state index contributed by atoms with van der Waals surface area (Å²) in [5.74, 6) is -1.22. The second-order valence-corrected chi connectivity index (χ2v) is 8.48. The molecule has 2 aliphatic rings. The van der Waals surface area contributed by atoms with Gasteiger partial charge in [-0.25, -0.2) is 4.79 Å². The highest BCUT2D eigenvalue weighted by atomic mass is 16.5. The zero-order valence-electron chi connectivity index (χ0n) is 19.1. The normalized spacial score (nSPS) is 17.7. The Hall–Kier alpha value is -3.43. The summed E-state index contributed by atoms with van der Waals surface area (Å²) in [6.45, 7) is 1.49. The highest BCUT2D eigenvalue weighted by Gasteiger charge is 2.32. The van der Waals surface area contributed by atoms with Crippen LogP contribution in [-0.4, -0.2) is 92.0 Å². The lowest BCUT2D eigenvalue weighted by molar-refractivity contribution is -0.149. The molecule has 1 saturated heterocycles. The number of likely N-dealkylation sites (N-methyl/N-ethyl adjacent to an activating group) is 1. The van der Waals surface area contributed by atoms with Crippen molar-refractivity contribution in [3.63, 3.8) is 0 Å². The minimum atomic E-state index is -0.951. The first-order chi connectivity index (χ1) is 16.5. The lowest BCUT2D eigenvalue weighted by atomic mass is 9.98. The van der Waals surface area contributed by atoms with Crippen LogP contribution in [0.5, 0.6) is 0 Å². The number of carbonyl (C=O) groups is 3. The van der Waals surface area contributed by atoms with Gasteiger partial charge < -0.3 is 24.8 Å². The number of alkyl carbamates (subject to hydrolysis) is 1. The summed E-state index contributed by atoms with van der Waals surface area (Å²) in [5.41, 5.74) is 4.63. The van der Waals surface area contributed by atoms with E-state index in [-0.39, 0.29) is 44.7 Å². The molecule has 2 N–H and O–H groups in total. The third-order valence-corrected chi connectivity index (χ3v) is 6.37. The van der Waals surface area contributed by atoms with Gasteiger partial charge in [-0.1, -0.05) is 48.5 Å². The molecule has 1 unspecified atom stereocenters. The predicted molar refractivity (Wildman–Crippen MR) is 125 cm³/mol. The average Bonchev–Trinajstić information content (AvgIpc) is 3.16. The third-order valence-electron chi connectivity index (χ3n) is 6.37. The van der Waals surface area contributed by atoms with Crippen molar-refractivity contribution in [1.82, 2.24) is 15.1 Å². The number of ether oxygens (including phenoxy) is 2. The zero-order valence-corrected chi connectivity index (χ0v) is 19.1. The van der Waals surface area contributed by atoms with Crippen LogP contribution in [0.25, 0.3) is 11.1 Å². The first kappa shape index (κ1) is 23.7. The molecule has 180 valence electrons. The Labute approximate surface area is 198 Å². The molecule has 1 atom stereocenters. The Morgan fingerprint density at radius 2 is 1.68 bits per heavy atom. The average molecular weight is 468 g/mol. The molecule has 0 spiro atoms. The van der Waals surface area contributed by atoms with Gasteiger partial charge in [0.05, 0.1) is 6.61 Å². The lowest BCUT2D eigenvalue weighted by Gasteiger charge is -2.37. The molecule has 0 bridgehead atoms. The number of benzene rings is 2. The molecular weight excluding hydrogens is 438 g/mol. The van der Waals surface area contributed by atoms with Crippen LogP contribution >= 0.6 is 0 Å². The molecule has 4 rings (SSSR count). The standard InChI is InChI=1S/C25H29N3O6/c1-27-11-12-28(14-22(27)24(30)31)23(29)16-33-13-10-26-25(32)34-15-21-19-8-4-2-6-17(19)18-7-3-5-9-20(18)21/h2-9,21-22H,10-16H2,1H3,(H,26,32)(H,30,31). The molecule has 9 nitrogen and oxygen atoms in total. The minimum absolute atomic E-state index is 0.00904. The minimum Gasteiger partial charge on any atom is -0.480 e. The van der Waals surface area contributed by atoms with Crippen LogP contribution in [0.15, 0.2) is 48.5 Å². The van der Waals surface area contributed by atoms with E-state index in [9.17, 15) is 19.5 Å². The van der Waals surface area contributed by atoms with E-state index in [0.29, 0.717) is 13.1 Å². The van der Waals surface area contributed by atoms with Gasteiger partial charge in [0.2, 0.25) is 5.91 Å². The summed E-state index contributed by atoms with van der Waals surface area (Å²) < 4.78 is 10.8. The molecule has 34 heavy (non-hydrogen) atoms. The maximum absolute atomic E-state index is 12.3. The zero-order chi connectivity index (χ0) is 24.1. The molecule has 0 radical (unpaired) electrons. The number of fused-ring (bicyclic) bond motifs is 3. The fraction of sp³-hybridized carbons (Fsp3) is 0.400. The van der Waals surface area contributed by atoms with E-state index in [2.05, 4.69) is 29.6 Å². The van der Waals surface area contributed by atoms with E-state index in [0.717, 1.165) is 11.1 Å². The number of hydrogen-bond acceptors (Lipinski definition) is 6. The molecule has 1 fully saturated rings. The van der Waals surface area contributed by atoms with Gasteiger partial charge in [-0.15, -0.1) is 0 Å². The number of aliphatic carboxylic acids is 1. The van der Waals surface area contributed by atoms with Gasteiger partial charge in [-0.05, 0) is 29.3 Å². The molecule has 0 saturated carbocycles. The van der Waals surface area contributed by atoms with Crippen LogP contribution in [0.3, 0.4) is 0 Å². The van der Waals surface area contributed by atoms with Crippen LogP contribution in [0.1, 0.15) is 17.0 Å². The molecule has 1 heterocycles. The maximum Gasteiger partial charge on any atom is 0.407 e. The van der Waals surface area contributed by atoms with Crippen molar-refractivity contribution >= 4 is 18.0 Å². The van der Waals surface area contributed by atoms with E-state index >= 15 is 0 Å². The molecule has 1 aliphatic carbocycles. The number of nitrogens with zero attached hydrogens (tertiary/aromatic N) is 2. The number of amides is 2. The SMILES string of the molecule is CN1CCN(C(=O)COCCNC(=O)OCC2c3ccccc3-c3ccccc32)CC1C(=O)O. The van der Waals surface area contributed by atoms with Crippen LogP contribution in [0.4, 0.5) is 4.79 Å². The Balaban J connectivity index is 1.17. The summed E-state index contributed by atoms with van der Waals surface area (Å²) in [7, 11) is 1.73. The summed E-state index contributed by atoms with van der Waals surface area (Å²) in [6, 6.07) is 15.5.